The number of fused-ring (bicyclic) bond motifs is 1. The maximum absolute atomic E-state index is 12.9. The predicted molar refractivity (Wildman–Crippen MR) is 88.9 cm³/mol. The van der Waals surface area contributed by atoms with Crippen molar-refractivity contribution < 1.29 is 21.6 Å². The first kappa shape index (κ1) is 16.5. The standard InChI is InChI=1S/C15H14N2O5S2/c1-22-12-7-8-14-11(9-12)10-15(23(16,18)19)17(14)24(20,21)13-5-3-2-4-6-13/h2-10H,1H3,(H2,16,18,19). The van der Waals surface area contributed by atoms with Crippen LogP contribution >= 0.6 is 0 Å². The lowest BCUT2D eigenvalue weighted by Crippen LogP contribution is -2.22. The number of sulfonamides is 1. The molecule has 2 aromatic carbocycles. The molecule has 7 nitrogen and oxygen atoms in total. The van der Waals surface area contributed by atoms with Crippen LogP contribution in [-0.2, 0) is 20.0 Å². The monoisotopic (exact) mass is 366 g/mol. The SMILES string of the molecule is COc1ccc2c(c1)cc(S(N)(=O)=O)n2S(=O)(=O)c1ccccc1. The fourth-order valence-electron chi connectivity index (χ4n) is 2.41. The Hall–Kier alpha value is -2.36. The molecule has 1 aromatic heterocycles. The molecule has 0 saturated carbocycles. The molecule has 9 heteroatoms. The fourth-order valence-corrected chi connectivity index (χ4v) is 5.07. The van der Waals surface area contributed by atoms with Crippen molar-refractivity contribution >= 4 is 30.9 Å². The zero-order chi connectivity index (χ0) is 17.5. The third-order valence-corrected chi connectivity index (χ3v) is 6.25. The van der Waals surface area contributed by atoms with E-state index in [-0.39, 0.29) is 10.4 Å². The Bertz CT molecular complexity index is 1120. The van der Waals surface area contributed by atoms with Gasteiger partial charge in [0, 0.05) is 5.39 Å². The average Bonchev–Trinajstić information content (AvgIpc) is 2.95. The van der Waals surface area contributed by atoms with Crippen molar-refractivity contribution in [3.63, 3.8) is 0 Å². The number of hydrogen-bond acceptors (Lipinski definition) is 5. The van der Waals surface area contributed by atoms with Crippen LogP contribution < -0.4 is 9.88 Å². The number of primary sulfonamides is 1. The summed E-state index contributed by atoms with van der Waals surface area (Å²) >= 11 is 0. The molecule has 0 atom stereocenters. The number of rotatable bonds is 4. The molecule has 126 valence electrons. The molecule has 0 amide bonds. The van der Waals surface area contributed by atoms with Gasteiger partial charge in [0.05, 0.1) is 17.5 Å². The number of benzene rings is 2. The topological polar surface area (TPSA) is 108 Å². The summed E-state index contributed by atoms with van der Waals surface area (Å²) in [6, 6.07) is 13.3. The van der Waals surface area contributed by atoms with Gasteiger partial charge in [-0.3, -0.25) is 0 Å². The molecule has 0 saturated heterocycles. The van der Waals surface area contributed by atoms with Crippen LogP contribution in [0.15, 0.2) is 64.5 Å². The Morgan fingerprint density at radius 2 is 1.62 bits per heavy atom. The molecule has 0 aliphatic carbocycles. The van der Waals surface area contributed by atoms with Crippen LogP contribution in [0.2, 0.25) is 0 Å². The molecule has 0 radical (unpaired) electrons. The summed E-state index contributed by atoms with van der Waals surface area (Å²) < 4.78 is 55.5. The van der Waals surface area contributed by atoms with Crippen molar-refractivity contribution in [2.24, 2.45) is 5.14 Å². The van der Waals surface area contributed by atoms with Crippen LogP contribution in [0.4, 0.5) is 0 Å². The zero-order valence-corrected chi connectivity index (χ0v) is 14.2. The molecule has 0 fully saturated rings. The summed E-state index contributed by atoms with van der Waals surface area (Å²) in [6.45, 7) is 0. The predicted octanol–water partition coefficient (Wildman–Crippen LogP) is 1.53. The van der Waals surface area contributed by atoms with Crippen molar-refractivity contribution in [3.05, 3.63) is 54.6 Å². The quantitative estimate of drug-likeness (QED) is 0.753. The van der Waals surface area contributed by atoms with Crippen LogP contribution in [0, 0.1) is 0 Å². The normalized spacial score (nSPS) is 12.4. The van der Waals surface area contributed by atoms with Gasteiger partial charge in [-0.1, -0.05) is 18.2 Å². The minimum atomic E-state index is -4.26. The highest BCUT2D eigenvalue weighted by Crippen LogP contribution is 2.30. The van der Waals surface area contributed by atoms with Crippen molar-refractivity contribution in [1.29, 1.82) is 0 Å². The Balaban J connectivity index is 2.42. The maximum Gasteiger partial charge on any atom is 0.269 e. The van der Waals surface area contributed by atoms with Crippen molar-refractivity contribution in [2.45, 2.75) is 9.92 Å². The van der Waals surface area contributed by atoms with E-state index >= 15 is 0 Å². The summed E-state index contributed by atoms with van der Waals surface area (Å²) in [7, 11) is -6.94. The van der Waals surface area contributed by atoms with Crippen molar-refractivity contribution in [2.75, 3.05) is 7.11 Å². The van der Waals surface area contributed by atoms with Gasteiger partial charge in [-0.25, -0.2) is 25.9 Å². The van der Waals surface area contributed by atoms with Crippen LogP contribution in [0.25, 0.3) is 10.9 Å². The number of nitrogens with two attached hydrogens (primary N) is 1. The van der Waals surface area contributed by atoms with Gasteiger partial charge in [-0.05, 0) is 36.4 Å². The van der Waals surface area contributed by atoms with E-state index in [0.717, 1.165) is 3.97 Å². The van der Waals surface area contributed by atoms with Crippen molar-refractivity contribution in [1.82, 2.24) is 3.97 Å². The minimum absolute atomic E-state index is 0.0387. The highest BCUT2D eigenvalue weighted by molar-refractivity contribution is 7.92. The maximum atomic E-state index is 12.9. The van der Waals surface area contributed by atoms with E-state index in [1.54, 1.807) is 30.3 Å². The largest absolute Gasteiger partial charge is 0.497 e. The summed E-state index contributed by atoms with van der Waals surface area (Å²) in [4.78, 5) is -0.0387. The number of nitrogens with zero attached hydrogens (tertiary/aromatic N) is 1. The van der Waals surface area contributed by atoms with Gasteiger partial charge in [0.1, 0.15) is 5.75 Å². The second-order valence-electron chi connectivity index (χ2n) is 5.03. The van der Waals surface area contributed by atoms with Crippen LogP contribution in [-0.4, -0.2) is 27.9 Å². The van der Waals surface area contributed by atoms with Gasteiger partial charge < -0.3 is 4.74 Å². The van der Waals surface area contributed by atoms with Crippen LogP contribution in [0.1, 0.15) is 0 Å². The van der Waals surface area contributed by atoms with E-state index in [4.69, 9.17) is 9.88 Å². The van der Waals surface area contributed by atoms with Crippen LogP contribution in [0.5, 0.6) is 5.75 Å². The lowest BCUT2D eigenvalue weighted by Gasteiger charge is -2.11. The molecule has 3 aromatic rings. The van der Waals surface area contributed by atoms with Gasteiger partial charge in [0.25, 0.3) is 20.0 Å². The molecule has 0 spiro atoms. The third-order valence-electron chi connectivity index (χ3n) is 3.51. The molecule has 2 N–H and O–H groups in total. The van der Waals surface area contributed by atoms with E-state index < -0.39 is 25.1 Å². The third kappa shape index (κ3) is 2.66. The van der Waals surface area contributed by atoms with E-state index in [1.807, 2.05) is 0 Å². The van der Waals surface area contributed by atoms with Gasteiger partial charge >= 0.3 is 0 Å². The van der Waals surface area contributed by atoms with Crippen molar-refractivity contribution in [3.8, 4) is 5.75 Å². The van der Waals surface area contributed by atoms with Gasteiger partial charge in [0.15, 0.2) is 5.03 Å². The Labute approximate surface area is 139 Å². The molecule has 24 heavy (non-hydrogen) atoms. The smallest absolute Gasteiger partial charge is 0.269 e. The Morgan fingerprint density at radius 1 is 0.958 bits per heavy atom. The Morgan fingerprint density at radius 3 is 2.21 bits per heavy atom. The molecule has 3 rings (SSSR count). The molecular weight excluding hydrogens is 352 g/mol. The first-order valence-electron chi connectivity index (χ1n) is 6.78. The summed E-state index contributed by atoms with van der Waals surface area (Å²) in [5.41, 5.74) is 0.198. The molecule has 1 heterocycles. The highest BCUT2D eigenvalue weighted by Gasteiger charge is 2.28. The second-order valence-corrected chi connectivity index (χ2v) is 8.33. The molecule has 0 aliphatic rings. The lowest BCUT2D eigenvalue weighted by molar-refractivity contribution is 0.415. The Kier molecular flexibility index (Phi) is 3.86. The van der Waals surface area contributed by atoms with Gasteiger partial charge in [-0.2, -0.15) is 0 Å². The van der Waals surface area contributed by atoms with E-state index in [2.05, 4.69) is 0 Å². The summed E-state index contributed by atoms with van der Waals surface area (Å²) in [5, 5.41) is 5.10. The first-order chi connectivity index (χ1) is 11.2. The van der Waals surface area contributed by atoms with E-state index in [1.165, 1.54) is 31.4 Å². The van der Waals surface area contributed by atoms with Crippen LogP contribution in [0.3, 0.4) is 0 Å². The first-order valence-corrected chi connectivity index (χ1v) is 9.77. The van der Waals surface area contributed by atoms with E-state index in [9.17, 15) is 16.8 Å². The average molecular weight is 366 g/mol. The lowest BCUT2D eigenvalue weighted by atomic mass is 10.2. The molecule has 0 aliphatic heterocycles. The number of ether oxygens (including phenoxy) is 1. The molecule has 0 bridgehead atoms. The zero-order valence-electron chi connectivity index (χ0n) is 12.6. The van der Waals surface area contributed by atoms with Gasteiger partial charge in [0.2, 0.25) is 0 Å². The number of methoxy groups -OCH3 is 1. The van der Waals surface area contributed by atoms with E-state index in [0.29, 0.717) is 11.1 Å². The minimum Gasteiger partial charge on any atom is -0.497 e. The van der Waals surface area contributed by atoms with Gasteiger partial charge in [-0.15, -0.1) is 0 Å². The highest BCUT2D eigenvalue weighted by atomic mass is 32.2. The molecule has 0 unspecified atom stereocenters. The second kappa shape index (κ2) is 5.62. The molecular formula is C15H14N2O5S2. The summed E-state index contributed by atoms with van der Waals surface area (Å²) in [6.07, 6.45) is 0. The fraction of sp³-hybridized carbons (Fsp3) is 0.0667. The summed E-state index contributed by atoms with van der Waals surface area (Å²) in [5.74, 6) is 0.470. The number of aromatic nitrogens is 1. The number of hydrogen-bond donors (Lipinski definition) is 1.